The van der Waals surface area contributed by atoms with E-state index >= 15 is 0 Å². The lowest BCUT2D eigenvalue weighted by Gasteiger charge is -1.82. The molecule has 0 rings (SSSR count). The number of nitriles is 2. The third kappa shape index (κ3) is 27.9. The van der Waals surface area contributed by atoms with E-state index in [1.54, 1.807) is 0 Å². The van der Waals surface area contributed by atoms with Crippen molar-refractivity contribution in [1.29, 1.82) is 10.5 Å². The van der Waals surface area contributed by atoms with Crippen LogP contribution in [0.1, 0.15) is 12.8 Å². The molecule has 11 heavy (non-hydrogen) atoms. The SMILES string of the molecule is CNCCC#N.N#CCCN. The Balaban J connectivity index is 0. The number of hydrogen-bond donors (Lipinski definition) is 2. The molecule has 0 saturated carbocycles. The van der Waals surface area contributed by atoms with Gasteiger partial charge in [0, 0.05) is 25.9 Å². The van der Waals surface area contributed by atoms with Crippen molar-refractivity contribution in [3.05, 3.63) is 0 Å². The van der Waals surface area contributed by atoms with Crippen LogP contribution in [-0.4, -0.2) is 20.1 Å². The molecule has 0 aromatic heterocycles. The number of nitrogens with zero attached hydrogens (tertiary/aromatic N) is 2. The fourth-order valence-corrected chi connectivity index (χ4v) is 0.245. The fraction of sp³-hybridized carbons (Fsp3) is 0.714. The molecule has 4 heteroatoms. The summed E-state index contributed by atoms with van der Waals surface area (Å²) in [5.41, 5.74) is 4.92. The first-order valence-corrected chi connectivity index (χ1v) is 3.42. The average molecular weight is 154 g/mol. The van der Waals surface area contributed by atoms with Gasteiger partial charge in [-0.25, -0.2) is 0 Å². The molecular weight excluding hydrogens is 140 g/mol. The Morgan fingerprint density at radius 2 is 1.82 bits per heavy atom. The van der Waals surface area contributed by atoms with Crippen molar-refractivity contribution in [1.82, 2.24) is 5.32 Å². The van der Waals surface area contributed by atoms with E-state index in [2.05, 4.69) is 5.32 Å². The summed E-state index contributed by atoms with van der Waals surface area (Å²) in [6, 6.07) is 3.90. The molecule has 0 aromatic carbocycles. The quantitative estimate of drug-likeness (QED) is 0.559. The van der Waals surface area contributed by atoms with Gasteiger partial charge in [0.25, 0.3) is 0 Å². The lowest BCUT2D eigenvalue weighted by molar-refractivity contribution is 0.813. The van der Waals surface area contributed by atoms with Gasteiger partial charge in [0.15, 0.2) is 0 Å². The second-order valence-corrected chi connectivity index (χ2v) is 1.71. The van der Waals surface area contributed by atoms with Crippen LogP contribution >= 0.6 is 0 Å². The standard InChI is InChI=1S/C4H8N2.C3H6N2/c1-6-4-2-3-5;4-2-1-3-5/h6H,2,4H2,1H3;1-2,4H2. The molecule has 62 valence electrons. The second-order valence-electron chi connectivity index (χ2n) is 1.71. The van der Waals surface area contributed by atoms with Gasteiger partial charge in [-0.1, -0.05) is 0 Å². The minimum Gasteiger partial charge on any atom is -0.329 e. The van der Waals surface area contributed by atoms with Gasteiger partial charge >= 0.3 is 0 Å². The van der Waals surface area contributed by atoms with Gasteiger partial charge in [0.05, 0.1) is 12.1 Å². The first-order valence-electron chi connectivity index (χ1n) is 3.42. The monoisotopic (exact) mass is 154 g/mol. The van der Waals surface area contributed by atoms with E-state index in [0.717, 1.165) is 6.54 Å². The molecule has 0 unspecified atom stereocenters. The third-order valence-electron chi connectivity index (χ3n) is 0.743. The number of nitrogens with two attached hydrogens (primary N) is 1. The molecule has 0 bridgehead atoms. The third-order valence-corrected chi connectivity index (χ3v) is 0.743. The van der Waals surface area contributed by atoms with Crippen LogP contribution in [0.4, 0.5) is 0 Å². The van der Waals surface area contributed by atoms with Crippen molar-refractivity contribution in [3.8, 4) is 12.1 Å². The lowest BCUT2D eigenvalue weighted by Crippen LogP contribution is -2.05. The number of nitrogens with one attached hydrogen (secondary N) is 1. The molecule has 3 N–H and O–H groups in total. The molecule has 0 radical (unpaired) electrons. The highest BCUT2D eigenvalue weighted by atomic mass is 14.8. The molecule has 0 amide bonds. The normalized spacial score (nSPS) is 6.91. The molecule has 0 aliphatic heterocycles. The predicted octanol–water partition coefficient (Wildman–Crippen LogP) is -0.0217. The lowest BCUT2D eigenvalue weighted by atomic mass is 10.5. The van der Waals surface area contributed by atoms with Gasteiger partial charge in [-0.2, -0.15) is 10.5 Å². The molecule has 0 spiro atoms. The zero-order valence-electron chi connectivity index (χ0n) is 6.80. The van der Waals surface area contributed by atoms with E-state index in [0.29, 0.717) is 19.4 Å². The summed E-state index contributed by atoms with van der Waals surface area (Å²) in [6.07, 6.45) is 1.08. The molecule has 0 saturated heterocycles. The van der Waals surface area contributed by atoms with E-state index in [1.165, 1.54) is 0 Å². The molecule has 0 aromatic rings. The summed E-state index contributed by atoms with van der Waals surface area (Å²) >= 11 is 0. The molecule has 0 atom stereocenters. The highest BCUT2D eigenvalue weighted by Gasteiger charge is 1.71. The van der Waals surface area contributed by atoms with Crippen LogP contribution in [0.3, 0.4) is 0 Å². The molecular formula is C7H14N4. The van der Waals surface area contributed by atoms with Crippen LogP contribution < -0.4 is 11.1 Å². The predicted molar refractivity (Wildman–Crippen MR) is 43.4 cm³/mol. The molecule has 0 fully saturated rings. The summed E-state index contributed by atoms with van der Waals surface area (Å²) in [6.45, 7) is 1.28. The van der Waals surface area contributed by atoms with E-state index in [-0.39, 0.29) is 0 Å². The number of rotatable bonds is 3. The Morgan fingerprint density at radius 1 is 1.27 bits per heavy atom. The van der Waals surface area contributed by atoms with Gasteiger partial charge in [-0.15, -0.1) is 0 Å². The van der Waals surface area contributed by atoms with Crippen molar-refractivity contribution < 1.29 is 0 Å². The van der Waals surface area contributed by atoms with Gasteiger partial charge in [0.2, 0.25) is 0 Å². The maximum Gasteiger partial charge on any atom is 0.0635 e. The smallest absolute Gasteiger partial charge is 0.0635 e. The highest BCUT2D eigenvalue weighted by molar-refractivity contribution is 4.68. The minimum atomic E-state index is 0.472. The van der Waals surface area contributed by atoms with E-state index in [9.17, 15) is 0 Å². The Labute approximate surface area is 67.6 Å². The summed E-state index contributed by atoms with van der Waals surface area (Å²) < 4.78 is 0. The van der Waals surface area contributed by atoms with Gasteiger partial charge in [-0.05, 0) is 7.05 Å². The van der Waals surface area contributed by atoms with Gasteiger partial charge in [0.1, 0.15) is 0 Å². The minimum absolute atomic E-state index is 0.472. The van der Waals surface area contributed by atoms with Crippen molar-refractivity contribution >= 4 is 0 Å². The molecule has 0 aliphatic carbocycles. The van der Waals surface area contributed by atoms with E-state index < -0.39 is 0 Å². The summed E-state index contributed by atoms with van der Waals surface area (Å²) in [5.74, 6) is 0. The average Bonchev–Trinajstić information content (AvgIpc) is 2.04. The molecule has 0 heterocycles. The molecule has 0 aliphatic rings. The van der Waals surface area contributed by atoms with Crippen molar-refractivity contribution in [3.63, 3.8) is 0 Å². The Morgan fingerprint density at radius 3 is 1.91 bits per heavy atom. The number of hydrogen-bond acceptors (Lipinski definition) is 4. The summed E-state index contributed by atoms with van der Waals surface area (Å²) in [7, 11) is 1.83. The van der Waals surface area contributed by atoms with Crippen LogP contribution in [0.15, 0.2) is 0 Å². The first kappa shape index (κ1) is 12.6. The summed E-state index contributed by atoms with van der Waals surface area (Å²) in [4.78, 5) is 0. The molecule has 4 nitrogen and oxygen atoms in total. The van der Waals surface area contributed by atoms with Gasteiger partial charge < -0.3 is 11.1 Å². The second kappa shape index (κ2) is 16.0. The van der Waals surface area contributed by atoms with Crippen LogP contribution in [0.25, 0.3) is 0 Å². The van der Waals surface area contributed by atoms with Crippen LogP contribution in [0.5, 0.6) is 0 Å². The van der Waals surface area contributed by atoms with Crippen molar-refractivity contribution in [2.45, 2.75) is 12.8 Å². The zero-order valence-corrected chi connectivity index (χ0v) is 6.80. The van der Waals surface area contributed by atoms with Crippen molar-refractivity contribution in [2.24, 2.45) is 5.73 Å². The fourth-order valence-electron chi connectivity index (χ4n) is 0.245. The van der Waals surface area contributed by atoms with Crippen LogP contribution in [-0.2, 0) is 0 Å². The Bertz CT molecular complexity index is 130. The first-order chi connectivity index (χ1) is 5.33. The van der Waals surface area contributed by atoms with Crippen LogP contribution in [0.2, 0.25) is 0 Å². The van der Waals surface area contributed by atoms with E-state index in [4.69, 9.17) is 16.3 Å². The Hall–Kier alpha value is -1.10. The van der Waals surface area contributed by atoms with Crippen molar-refractivity contribution in [2.75, 3.05) is 20.1 Å². The van der Waals surface area contributed by atoms with Gasteiger partial charge in [-0.3, -0.25) is 0 Å². The zero-order chi connectivity index (χ0) is 8.95. The summed E-state index contributed by atoms with van der Waals surface area (Å²) in [5, 5.41) is 18.5. The maximum absolute atomic E-state index is 7.91. The largest absolute Gasteiger partial charge is 0.329 e. The highest BCUT2D eigenvalue weighted by Crippen LogP contribution is 1.63. The topological polar surface area (TPSA) is 85.6 Å². The van der Waals surface area contributed by atoms with Crippen LogP contribution in [0, 0.1) is 22.7 Å². The maximum atomic E-state index is 7.91. The Kier molecular flexibility index (Phi) is 18.2. The van der Waals surface area contributed by atoms with E-state index in [1.807, 2.05) is 19.2 Å².